The summed E-state index contributed by atoms with van der Waals surface area (Å²) in [6.45, 7) is 0.764. The summed E-state index contributed by atoms with van der Waals surface area (Å²) in [6.07, 6.45) is 0.567. The predicted octanol–water partition coefficient (Wildman–Crippen LogP) is 3.36. The number of hydrogen-bond donors (Lipinski definition) is 1. The maximum atomic E-state index is 12.8. The highest BCUT2D eigenvalue weighted by Crippen LogP contribution is 2.34. The van der Waals surface area contributed by atoms with Gasteiger partial charge in [0.05, 0.1) is 10.6 Å². The van der Waals surface area contributed by atoms with E-state index in [1.807, 2.05) is 0 Å². The van der Waals surface area contributed by atoms with E-state index in [4.69, 9.17) is 16.3 Å². The average molecular weight is 423 g/mol. The Morgan fingerprint density at radius 3 is 2.43 bits per heavy atom. The summed E-state index contributed by atoms with van der Waals surface area (Å²) in [5.74, 6) is 0.0139. The van der Waals surface area contributed by atoms with E-state index in [-0.39, 0.29) is 23.3 Å². The van der Waals surface area contributed by atoms with Crippen LogP contribution in [-0.2, 0) is 21.4 Å². The maximum absolute atomic E-state index is 12.8. The van der Waals surface area contributed by atoms with Crippen LogP contribution < -0.4 is 4.90 Å². The molecule has 0 spiro atoms. The van der Waals surface area contributed by atoms with Crippen LogP contribution in [0.15, 0.2) is 47.4 Å². The van der Waals surface area contributed by atoms with Gasteiger partial charge in [0.1, 0.15) is 12.4 Å². The van der Waals surface area contributed by atoms with Crippen molar-refractivity contribution in [3.8, 4) is 5.75 Å². The van der Waals surface area contributed by atoms with E-state index < -0.39 is 16.1 Å². The zero-order valence-corrected chi connectivity index (χ0v) is 16.5. The van der Waals surface area contributed by atoms with Crippen molar-refractivity contribution in [1.29, 1.82) is 0 Å². The summed E-state index contributed by atoms with van der Waals surface area (Å²) < 4.78 is 32.3. The van der Waals surface area contributed by atoms with E-state index in [1.165, 1.54) is 28.6 Å². The number of benzene rings is 2. The Morgan fingerprint density at radius 2 is 1.75 bits per heavy atom. The third-order valence-electron chi connectivity index (χ3n) is 5.11. The number of phenolic OH excluding ortho intramolecular Hbond substituents is 1. The number of piperidine rings is 1. The van der Waals surface area contributed by atoms with Crippen molar-refractivity contribution in [3.05, 3.63) is 53.1 Å². The SMILES string of the molecule is O=C1OCc2cc(Cl)ccc2N1C1CCN(S(=O)(=O)c2ccc(O)cc2)CC1. The standard InChI is InChI=1S/C19H19ClN2O5S/c20-14-1-6-18-13(11-14)12-27-19(24)22(18)15-7-9-21(10-8-15)28(25,26)17-4-2-16(23)3-5-17/h1-6,11,15,23H,7-10,12H2. The monoisotopic (exact) mass is 422 g/mol. The molecule has 0 radical (unpaired) electrons. The highest BCUT2D eigenvalue weighted by Gasteiger charge is 2.37. The van der Waals surface area contributed by atoms with Crippen LogP contribution in [-0.4, -0.2) is 43.1 Å². The number of carbonyl (C=O) groups is 1. The number of carbonyl (C=O) groups excluding carboxylic acids is 1. The number of amides is 1. The van der Waals surface area contributed by atoms with Crippen LogP contribution in [0.4, 0.5) is 10.5 Å². The largest absolute Gasteiger partial charge is 0.508 e. The second-order valence-corrected chi connectivity index (χ2v) is 9.20. The smallest absolute Gasteiger partial charge is 0.414 e. The molecule has 0 saturated carbocycles. The third kappa shape index (κ3) is 3.43. The van der Waals surface area contributed by atoms with E-state index in [0.717, 1.165) is 11.3 Å². The molecule has 7 nitrogen and oxygen atoms in total. The van der Waals surface area contributed by atoms with Crippen LogP contribution >= 0.6 is 11.6 Å². The lowest BCUT2D eigenvalue weighted by atomic mass is 10.0. The molecule has 28 heavy (non-hydrogen) atoms. The number of sulfonamides is 1. The summed E-state index contributed by atoms with van der Waals surface area (Å²) in [7, 11) is -3.64. The van der Waals surface area contributed by atoms with E-state index in [1.54, 1.807) is 23.1 Å². The molecule has 2 aromatic carbocycles. The van der Waals surface area contributed by atoms with Crippen molar-refractivity contribution in [2.24, 2.45) is 0 Å². The molecule has 1 N–H and O–H groups in total. The first-order chi connectivity index (χ1) is 13.4. The molecule has 1 fully saturated rings. The van der Waals surface area contributed by atoms with Crippen molar-refractivity contribution in [2.45, 2.75) is 30.4 Å². The minimum absolute atomic E-state index is 0.0139. The number of nitrogens with zero attached hydrogens (tertiary/aromatic N) is 2. The molecule has 9 heteroatoms. The first-order valence-corrected chi connectivity index (χ1v) is 10.7. The average Bonchev–Trinajstić information content (AvgIpc) is 2.68. The van der Waals surface area contributed by atoms with Gasteiger partial charge in [-0.05, 0) is 55.3 Å². The number of phenols is 1. The highest BCUT2D eigenvalue weighted by atomic mass is 35.5. The zero-order valence-electron chi connectivity index (χ0n) is 14.9. The van der Waals surface area contributed by atoms with Crippen LogP contribution in [0.2, 0.25) is 5.02 Å². The third-order valence-corrected chi connectivity index (χ3v) is 7.26. The molecule has 2 aliphatic rings. The molecule has 0 bridgehead atoms. The van der Waals surface area contributed by atoms with E-state index in [2.05, 4.69) is 0 Å². The lowest BCUT2D eigenvalue weighted by Gasteiger charge is -2.39. The van der Waals surface area contributed by atoms with Gasteiger partial charge in [0.25, 0.3) is 0 Å². The minimum Gasteiger partial charge on any atom is -0.508 e. The van der Waals surface area contributed by atoms with Crippen LogP contribution in [0.25, 0.3) is 0 Å². The number of fused-ring (bicyclic) bond motifs is 1. The molecule has 148 valence electrons. The number of rotatable bonds is 3. The van der Waals surface area contributed by atoms with E-state index in [0.29, 0.717) is 31.0 Å². The van der Waals surface area contributed by atoms with Gasteiger partial charge in [-0.1, -0.05) is 11.6 Å². The quantitative estimate of drug-likeness (QED) is 0.819. The maximum Gasteiger partial charge on any atom is 0.414 e. The molecule has 0 unspecified atom stereocenters. The normalized spacial score (nSPS) is 18.6. The van der Waals surface area contributed by atoms with Crippen LogP contribution in [0, 0.1) is 0 Å². The molecule has 0 atom stereocenters. The van der Waals surface area contributed by atoms with Crippen molar-refractivity contribution < 1.29 is 23.1 Å². The first-order valence-electron chi connectivity index (χ1n) is 8.90. The fourth-order valence-electron chi connectivity index (χ4n) is 3.67. The lowest BCUT2D eigenvalue weighted by molar-refractivity contribution is 0.136. The Labute approximate surface area is 168 Å². The molecule has 4 rings (SSSR count). The lowest BCUT2D eigenvalue weighted by Crippen LogP contribution is -2.50. The van der Waals surface area contributed by atoms with Gasteiger partial charge >= 0.3 is 6.09 Å². The van der Waals surface area contributed by atoms with Gasteiger partial charge in [-0.25, -0.2) is 13.2 Å². The summed E-state index contributed by atoms with van der Waals surface area (Å²) in [5.41, 5.74) is 1.60. The molecular formula is C19H19ClN2O5S. The Balaban J connectivity index is 1.52. The van der Waals surface area contributed by atoms with Crippen molar-refractivity contribution in [3.63, 3.8) is 0 Å². The van der Waals surface area contributed by atoms with Gasteiger partial charge in [-0.15, -0.1) is 0 Å². The Kier molecular flexibility index (Phi) is 4.95. The second kappa shape index (κ2) is 7.27. The Hall–Kier alpha value is -2.29. The molecule has 1 saturated heterocycles. The summed E-state index contributed by atoms with van der Waals surface area (Å²) in [4.78, 5) is 14.1. The summed E-state index contributed by atoms with van der Waals surface area (Å²) in [5, 5.41) is 9.94. The Bertz CT molecular complexity index is 1000. The number of halogens is 1. The van der Waals surface area contributed by atoms with Gasteiger partial charge in [0.2, 0.25) is 10.0 Å². The minimum atomic E-state index is -3.64. The number of cyclic esters (lactones) is 1. The number of anilines is 1. The number of aromatic hydroxyl groups is 1. The van der Waals surface area contributed by atoms with Crippen molar-refractivity contribution in [2.75, 3.05) is 18.0 Å². The molecule has 0 aromatic heterocycles. The van der Waals surface area contributed by atoms with Crippen molar-refractivity contribution in [1.82, 2.24) is 4.31 Å². The number of hydrogen-bond acceptors (Lipinski definition) is 5. The van der Waals surface area contributed by atoms with E-state index >= 15 is 0 Å². The molecule has 1 amide bonds. The molecule has 2 heterocycles. The highest BCUT2D eigenvalue weighted by molar-refractivity contribution is 7.89. The summed E-state index contributed by atoms with van der Waals surface area (Å²) >= 11 is 6.04. The molecule has 2 aromatic rings. The zero-order chi connectivity index (χ0) is 19.9. The fourth-order valence-corrected chi connectivity index (χ4v) is 5.33. The Morgan fingerprint density at radius 1 is 1.07 bits per heavy atom. The molecular weight excluding hydrogens is 404 g/mol. The first kappa shape index (κ1) is 19.0. The van der Waals surface area contributed by atoms with Gasteiger partial charge in [-0.2, -0.15) is 4.31 Å². The van der Waals surface area contributed by atoms with Gasteiger partial charge in [0, 0.05) is 29.7 Å². The summed E-state index contributed by atoms with van der Waals surface area (Å²) in [6, 6.07) is 10.6. The molecule has 0 aliphatic carbocycles. The predicted molar refractivity (Wildman–Crippen MR) is 104 cm³/mol. The fraction of sp³-hybridized carbons (Fsp3) is 0.316. The van der Waals surface area contributed by atoms with Gasteiger partial charge in [0.15, 0.2) is 0 Å². The van der Waals surface area contributed by atoms with Gasteiger partial charge in [-0.3, -0.25) is 4.90 Å². The van der Waals surface area contributed by atoms with Crippen LogP contribution in [0.5, 0.6) is 5.75 Å². The van der Waals surface area contributed by atoms with Crippen LogP contribution in [0.1, 0.15) is 18.4 Å². The second-order valence-electron chi connectivity index (χ2n) is 6.83. The topological polar surface area (TPSA) is 87.2 Å². The van der Waals surface area contributed by atoms with Gasteiger partial charge < -0.3 is 9.84 Å². The number of ether oxygens (including phenoxy) is 1. The van der Waals surface area contributed by atoms with Crippen LogP contribution in [0.3, 0.4) is 0 Å². The van der Waals surface area contributed by atoms with E-state index in [9.17, 15) is 18.3 Å². The van der Waals surface area contributed by atoms with Crippen molar-refractivity contribution >= 4 is 33.4 Å². The molecule has 2 aliphatic heterocycles.